The fraction of sp³-hybridized carbons (Fsp3) is 0.500. The monoisotopic (exact) mass is 254 g/mol. The second-order valence-electron chi connectivity index (χ2n) is 3.94. The molecule has 0 saturated heterocycles. The normalized spacial score (nSPS) is 11.9. The molecule has 0 unspecified atom stereocenters. The van der Waals surface area contributed by atoms with Crippen LogP contribution in [-0.2, 0) is 16.1 Å². The van der Waals surface area contributed by atoms with Gasteiger partial charge in [0.05, 0.1) is 18.3 Å². The molecule has 0 bridgehead atoms. The molecule has 1 aromatic rings. The number of ether oxygens (including phenoxy) is 1. The van der Waals surface area contributed by atoms with Crippen LogP contribution < -0.4 is 0 Å². The molecule has 0 aliphatic carbocycles. The Morgan fingerprint density at radius 3 is 2.88 bits per heavy atom. The molecule has 94 valence electrons. The standard InChI is InChI=1S/C12H18N2O2S/c1-9(12(15)16-4)5-6-14(3)7-11-10(2)13-8-17-11/h5,8H,6-7H2,1-4H3. The van der Waals surface area contributed by atoms with Crippen molar-refractivity contribution in [3.05, 3.63) is 27.7 Å². The van der Waals surface area contributed by atoms with Gasteiger partial charge in [-0.05, 0) is 20.9 Å². The third-order valence-electron chi connectivity index (χ3n) is 2.47. The van der Waals surface area contributed by atoms with Crippen molar-refractivity contribution in [1.82, 2.24) is 9.88 Å². The van der Waals surface area contributed by atoms with Crippen molar-refractivity contribution >= 4 is 17.3 Å². The maximum Gasteiger partial charge on any atom is 0.333 e. The van der Waals surface area contributed by atoms with Gasteiger partial charge in [-0.1, -0.05) is 6.08 Å². The van der Waals surface area contributed by atoms with Gasteiger partial charge in [0, 0.05) is 23.5 Å². The summed E-state index contributed by atoms with van der Waals surface area (Å²) in [6, 6.07) is 0. The zero-order valence-electron chi connectivity index (χ0n) is 10.7. The Labute approximate surface area is 106 Å². The molecule has 0 radical (unpaired) electrons. The molecule has 0 spiro atoms. The van der Waals surface area contributed by atoms with Gasteiger partial charge in [0.15, 0.2) is 0 Å². The lowest BCUT2D eigenvalue weighted by molar-refractivity contribution is -0.136. The fourth-order valence-electron chi connectivity index (χ4n) is 1.32. The first kappa shape index (κ1) is 13.9. The molecule has 0 amide bonds. The average Bonchev–Trinajstić information content (AvgIpc) is 2.71. The largest absolute Gasteiger partial charge is 0.466 e. The minimum absolute atomic E-state index is 0.271. The van der Waals surface area contributed by atoms with Crippen molar-refractivity contribution < 1.29 is 9.53 Å². The summed E-state index contributed by atoms with van der Waals surface area (Å²) < 4.78 is 4.64. The summed E-state index contributed by atoms with van der Waals surface area (Å²) in [5.41, 5.74) is 3.57. The van der Waals surface area contributed by atoms with Crippen molar-refractivity contribution in [1.29, 1.82) is 0 Å². The van der Waals surface area contributed by atoms with Gasteiger partial charge in [-0.3, -0.25) is 4.90 Å². The van der Waals surface area contributed by atoms with Crippen molar-refractivity contribution in [2.24, 2.45) is 0 Å². The quantitative estimate of drug-likeness (QED) is 0.595. The van der Waals surface area contributed by atoms with Gasteiger partial charge < -0.3 is 4.74 Å². The molecule has 0 N–H and O–H groups in total. The van der Waals surface area contributed by atoms with E-state index < -0.39 is 0 Å². The second-order valence-corrected chi connectivity index (χ2v) is 4.88. The van der Waals surface area contributed by atoms with Crippen LogP contribution in [0.4, 0.5) is 0 Å². The van der Waals surface area contributed by atoms with Gasteiger partial charge in [-0.25, -0.2) is 9.78 Å². The molecular formula is C12H18N2O2S. The Bertz CT molecular complexity index is 412. The van der Waals surface area contributed by atoms with Crippen LogP contribution in [0.3, 0.4) is 0 Å². The topological polar surface area (TPSA) is 42.4 Å². The highest BCUT2D eigenvalue weighted by molar-refractivity contribution is 7.09. The van der Waals surface area contributed by atoms with Crippen LogP contribution in [0.5, 0.6) is 0 Å². The average molecular weight is 254 g/mol. The Balaban J connectivity index is 2.48. The Morgan fingerprint density at radius 2 is 2.35 bits per heavy atom. The fourth-order valence-corrected chi connectivity index (χ4v) is 2.18. The van der Waals surface area contributed by atoms with Crippen LogP contribution in [0.25, 0.3) is 0 Å². The molecule has 5 heteroatoms. The van der Waals surface area contributed by atoms with E-state index in [9.17, 15) is 4.79 Å². The summed E-state index contributed by atoms with van der Waals surface area (Å²) in [5, 5.41) is 0. The summed E-state index contributed by atoms with van der Waals surface area (Å²) in [7, 11) is 3.41. The summed E-state index contributed by atoms with van der Waals surface area (Å²) in [4.78, 5) is 18.8. The van der Waals surface area contributed by atoms with Crippen LogP contribution in [0.1, 0.15) is 17.5 Å². The van der Waals surface area contributed by atoms with Crippen molar-refractivity contribution in [3.8, 4) is 0 Å². The minimum Gasteiger partial charge on any atom is -0.466 e. The van der Waals surface area contributed by atoms with Crippen LogP contribution in [0.15, 0.2) is 17.2 Å². The lowest BCUT2D eigenvalue weighted by Gasteiger charge is -2.13. The number of thiazole rings is 1. The predicted octanol–water partition coefficient (Wildman–Crippen LogP) is 2.00. The number of aryl methyl sites for hydroxylation is 1. The van der Waals surface area contributed by atoms with E-state index in [1.165, 1.54) is 12.0 Å². The Morgan fingerprint density at radius 1 is 1.65 bits per heavy atom. The van der Waals surface area contributed by atoms with Gasteiger partial charge in [0.1, 0.15) is 0 Å². The number of likely N-dealkylation sites (N-methyl/N-ethyl adjacent to an activating group) is 1. The van der Waals surface area contributed by atoms with Crippen LogP contribution in [0.2, 0.25) is 0 Å². The third kappa shape index (κ3) is 4.28. The minimum atomic E-state index is -0.271. The number of esters is 1. The van der Waals surface area contributed by atoms with E-state index >= 15 is 0 Å². The molecule has 0 aliphatic heterocycles. The number of carbonyl (C=O) groups is 1. The lowest BCUT2D eigenvalue weighted by Crippen LogP contribution is -2.18. The molecule has 1 rings (SSSR count). The molecule has 17 heavy (non-hydrogen) atoms. The number of hydrogen-bond acceptors (Lipinski definition) is 5. The first-order valence-corrected chi connectivity index (χ1v) is 6.25. The number of aromatic nitrogens is 1. The molecule has 1 heterocycles. The highest BCUT2D eigenvalue weighted by Gasteiger charge is 2.06. The van der Waals surface area contributed by atoms with Crippen molar-refractivity contribution in [2.45, 2.75) is 20.4 Å². The van der Waals surface area contributed by atoms with E-state index in [1.54, 1.807) is 18.3 Å². The van der Waals surface area contributed by atoms with E-state index in [-0.39, 0.29) is 5.97 Å². The van der Waals surface area contributed by atoms with Gasteiger partial charge in [-0.2, -0.15) is 0 Å². The Kier molecular flexibility index (Phi) is 5.31. The van der Waals surface area contributed by atoms with E-state index in [0.29, 0.717) is 5.57 Å². The zero-order valence-corrected chi connectivity index (χ0v) is 11.5. The molecular weight excluding hydrogens is 236 g/mol. The van der Waals surface area contributed by atoms with Crippen LogP contribution >= 0.6 is 11.3 Å². The number of methoxy groups -OCH3 is 1. The first-order chi connectivity index (χ1) is 8.04. The van der Waals surface area contributed by atoms with Crippen LogP contribution in [-0.4, -0.2) is 36.6 Å². The SMILES string of the molecule is COC(=O)C(C)=CCN(C)Cc1scnc1C. The number of rotatable bonds is 5. The molecule has 0 saturated carbocycles. The molecule has 0 aromatic carbocycles. The van der Waals surface area contributed by atoms with Gasteiger partial charge >= 0.3 is 5.97 Å². The van der Waals surface area contributed by atoms with E-state index in [1.807, 2.05) is 25.6 Å². The second kappa shape index (κ2) is 6.51. The lowest BCUT2D eigenvalue weighted by atomic mass is 10.3. The maximum absolute atomic E-state index is 11.2. The van der Waals surface area contributed by atoms with Crippen molar-refractivity contribution in [2.75, 3.05) is 20.7 Å². The summed E-state index contributed by atoms with van der Waals surface area (Å²) in [5.74, 6) is -0.271. The first-order valence-electron chi connectivity index (χ1n) is 5.37. The van der Waals surface area contributed by atoms with Crippen molar-refractivity contribution in [3.63, 3.8) is 0 Å². The molecule has 4 nitrogen and oxygen atoms in total. The zero-order chi connectivity index (χ0) is 12.8. The molecule has 0 atom stereocenters. The molecule has 1 aromatic heterocycles. The molecule has 0 aliphatic rings. The van der Waals surface area contributed by atoms with Gasteiger partial charge in [0.25, 0.3) is 0 Å². The van der Waals surface area contributed by atoms with E-state index in [2.05, 4.69) is 14.6 Å². The third-order valence-corrected chi connectivity index (χ3v) is 3.39. The summed E-state index contributed by atoms with van der Waals surface area (Å²) in [6.07, 6.45) is 1.88. The maximum atomic E-state index is 11.2. The van der Waals surface area contributed by atoms with Crippen LogP contribution in [0, 0.1) is 6.92 Å². The Hall–Kier alpha value is -1.20. The number of nitrogens with zero attached hydrogens (tertiary/aromatic N) is 2. The molecule has 0 fully saturated rings. The smallest absolute Gasteiger partial charge is 0.333 e. The van der Waals surface area contributed by atoms with E-state index in [4.69, 9.17) is 0 Å². The summed E-state index contributed by atoms with van der Waals surface area (Å²) in [6.45, 7) is 5.34. The highest BCUT2D eigenvalue weighted by atomic mass is 32.1. The summed E-state index contributed by atoms with van der Waals surface area (Å²) >= 11 is 1.66. The van der Waals surface area contributed by atoms with Gasteiger partial charge in [0.2, 0.25) is 0 Å². The number of carbonyl (C=O) groups excluding carboxylic acids is 1. The van der Waals surface area contributed by atoms with E-state index in [0.717, 1.165) is 18.8 Å². The predicted molar refractivity (Wildman–Crippen MR) is 69.0 cm³/mol. The number of hydrogen-bond donors (Lipinski definition) is 0. The highest BCUT2D eigenvalue weighted by Crippen LogP contribution is 2.14. The van der Waals surface area contributed by atoms with Gasteiger partial charge in [-0.15, -0.1) is 11.3 Å².